The molecule has 0 aliphatic heterocycles. The lowest BCUT2D eigenvalue weighted by atomic mass is 9.82. The molecule has 266 valence electrons. The van der Waals surface area contributed by atoms with Crippen LogP contribution >= 0.6 is 0 Å². The Morgan fingerprint density at radius 1 is 0.375 bits per heavy atom. The summed E-state index contributed by atoms with van der Waals surface area (Å²) < 4.78 is 0. The maximum absolute atomic E-state index is 5.20. The van der Waals surface area contributed by atoms with E-state index < -0.39 is 0 Å². The number of para-hydroxylation sites is 2. The zero-order valence-corrected chi connectivity index (χ0v) is 31.5. The molecule has 9 aromatic rings. The largest absolute Gasteiger partial charge is 0.310 e. The van der Waals surface area contributed by atoms with Crippen LogP contribution in [0.25, 0.3) is 66.7 Å². The molecule has 0 bridgehead atoms. The first-order chi connectivity index (χ1) is 27.5. The van der Waals surface area contributed by atoms with Crippen molar-refractivity contribution in [2.75, 3.05) is 4.90 Å². The van der Waals surface area contributed by atoms with Gasteiger partial charge < -0.3 is 4.90 Å². The van der Waals surface area contributed by atoms with Crippen molar-refractivity contribution in [3.8, 4) is 55.8 Å². The number of anilines is 3. The second-order valence-corrected chi connectivity index (χ2v) is 15.2. The van der Waals surface area contributed by atoms with Gasteiger partial charge in [-0.2, -0.15) is 0 Å². The van der Waals surface area contributed by atoms with Crippen LogP contribution in [0.15, 0.2) is 206 Å². The van der Waals surface area contributed by atoms with Crippen LogP contribution in [0.1, 0.15) is 25.0 Å². The highest BCUT2D eigenvalue weighted by molar-refractivity contribution is 5.94. The van der Waals surface area contributed by atoms with Crippen molar-refractivity contribution < 1.29 is 0 Å². The van der Waals surface area contributed by atoms with E-state index in [2.05, 4.69) is 225 Å². The van der Waals surface area contributed by atoms with Gasteiger partial charge in [-0.15, -0.1) is 0 Å². The van der Waals surface area contributed by atoms with Crippen LogP contribution in [0.2, 0.25) is 0 Å². The number of aromatic nitrogens is 1. The first-order valence-corrected chi connectivity index (χ1v) is 19.4. The van der Waals surface area contributed by atoms with Crippen molar-refractivity contribution in [1.82, 2.24) is 4.98 Å². The molecule has 0 N–H and O–H groups in total. The van der Waals surface area contributed by atoms with Crippen molar-refractivity contribution in [3.63, 3.8) is 0 Å². The summed E-state index contributed by atoms with van der Waals surface area (Å²) in [7, 11) is 0. The maximum atomic E-state index is 5.20. The van der Waals surface area contributed by atoms with E-state index >= 15 is 0 Å². The Balaban J connectivity index is 1.12. The maximum Gasteiger partial charge on any atom is 0.0788 e. The van der Waals surface area contributed by atoms with Crippen molar-refractivity contribution in [2.24, 2.45) is 0 Å². The van der Waals surface area contributed by atoms with Crippen molar-refractivity contribution in [2.45, 2.75) is 19.3 Å². The number of fused-ring (bicyclic) bond motifs is 4. The Morgan fingerprint density at radius 3 is 1.68 bits per heavy atom. The quantitative estimate of drug-likeness (QED) is 0.163. The van der Waals surface area contributed by atoms with E-state index in [0.717, 1.165) is 50.3 Å². The van der Waals surface area contributed by atoms with E-state index in [1.165, 1.54) is 44.5 Å². The third-order valence-corrected chi connectivity index (χ3v) is 11.5. The van der Waals surface area contributed by atoms with Crippen LogP contribution in [0.3, 0.4) is 0 Å². The zero-order chi connectivity index (χ0) is 37.6. The Morgan fingerprint density at radius 2 is 0.911 bits per heavy atom. The van der Waals surface area contributed by atoms with E-state index in [-0.39, 0.29) is 5.41 Å². The summed E-state index contributed by atoms with van der Waals surface area (Å²) in [5.41, 5.74) is 18.7. The topological polar surface area (TPSA) is 16.1 Å². The summed E-state index contributed by atoms with van der Waals surface area (Å²) in [6.45, 7) is 4.70. The van der Waals surface area contributed by atoms with Gasteiger partial charge in [0, 0.05) is 38.9 Å². The molecule has 2 nitrogen and oxygen atoms in total. The summed E-state index contributed by atoms with van der Waals surface area (Å²) in [6, 6.07) is 74.5. The standard InChI is InChI=1S/C54H40N2/c1-54(2)49-22-12-10-21-46(49)47-34-33-44(36-50(47)54)56(52-24-14-11-20-45(52)39-27-25-38(26-28-39)37-15-5-3-6-16-37)43-31-29-40(30-32-43)48-35-42-19-9-13-23-51(42)55-53(48)41-17-7-4-8-18-41/h3-36H,1-2H3. The fraction of sp³-hybridized carbons (Fsp3) is 0.0556. The van der Waals surface area contributed by atoms with Gasteiger partial charge in [0.2, 0.25) is 0 Å². The summed E-state index contributed by atoms with van der Waals surface area (Å²) in [4.78, 5) is 7.63. The molecule has 1 aliphatic carbocycles. The predicted molar refractivity (Wildman–Crippen MR) is 236 cm³/mol. The van der Waals surface area contributed by atoms with Gasteiger partial charge in [-0.05, 0) is 87.0 Å². The van der Waals surface area contributed by atoms with Crippen LogP contribution in [-0.4, -0.2) is 4.98 Å². The van der Waals surface area contributed by atoms with Crippen LogP contribution in [-0.2, 0) is 5.41 Å². The average molecular weight is 717 g/mol. The molecule has 0 saturated heterocycles. The molecule has 0 radical (unpaired) electrons. The molecule has 56 heavy (non-hydrogen) atoms. The van der Waals surface area contributed by atoms with E-state index in [9.17, 15) is 0 Å². The minimum absolute atomic E-state index is 0.124. The second kappa shape index (κ2) is 13.7. The van der Waals surface area contributed by atoms with E-state index in [1.807, 2.05) is 0 Å². The zero-order valence-electron chi connectivity index (χ0n) is 31.5. The molecule has 1 heterocycles. The molecule has 0 unspecified atom stereocenters. The Hall–Kier alpha value is -7.03. The SMILES string of the molecule is CC1(C)c2ccccc2-c2ccc(N(c3ccc(-c4cc5ccccc5nc4-c4ccccc4)cc3)c3ccccc3-c3ccc(-c4ccccc4)cc3)cc21. The van der Waals surface area contributed by atoms with Gasteiger partial charge in [-0.25, -0.2) is 4.98 Å². The Labute approximate surface area is 329 Å². The molecule has 0 spiro atoms. The number of pyridine rings is 1. The number of rotatable bonds is 7. The molecular weight excluding hydrogens is 677 g/mol. The van der Waals surface area contributed by atoms with Gasteiger partial charge in [0.25, 0.3) is 0 Å². The van der Waals surface area contributed by atoms with Crippen LogP contribution in [0.4, 0.5) is 17.1 Å². The van der Waals surface area contributed by atoms with Gasteiger partial charge in [0.1, 0.15) is 0 Å². The highest BCUT2D eigenvalue weighted by atomic mass is 15.1. The molecule has 0 fully saturated rings. The van der Waals surface area contributed by atoms with E-state index in [0.29, 0.717) is 0 Å². The van der Waals surface area contributed by atoms with Gasteiger partial charge in [-0.3, -0.25) is 0 Å². The third-order valence-electron chi connectivity index (χ3n) is 11.5. The van der Waals surface area contributed by atoms with Crippen molar-refractivity contribution in [1.29, 1.82) is 0 Å². The van der Waals surface area contributed by atoms with Gasteiger partial charge in [0.15, 0.2) is 0 Å². The van der Waals surface area contributed by atoms with Crippen LogP contribution in [0.5, 0.6) is 0 Å². The second-order valence-electron chi connectivity index (χ2n) is 15.2. The summed E-state index contributed by atoms with van der Waals surface area (Å²) in [5.74, 6) is 0. The molecule has 10 rings (SSSR count). The monoisotopic (exact) mass is 716 g/mol. The lowest BCUT2D eigenvalue weighted by Crippen LogP contribution is -2.16. The van der Waals surface area contributed by atoms with Crippen molar-refractivity contribution >= 4 is 28.0 Å². The average Bonchev–Trinajstić information content (AvgIpc) is 3.49. The highest BCUT2D eigenvalue weighted by Crippen LogP contribution is 2.51. The highest BCUT2D eigenvalue weighted by Gasteiger charge is 2.36. The Bertz CT molecular complexity index is 2860. The molecule has 0 atom stereocenters. The first kappa shape index (κ1) is 33.5. The fourth-order valence-electron chi connectivity index (χ4n) is 8.59. The minimum atomic E-state index is -0.124. The molecule has 0 saturated carbocycles. The smallest absolute Gasteiger partial charge is 0.0788 e. The van der Waals surface area contributed by atoms with Crippen LogP contribution in [0, 0.1) is 0 Å². The summed E-state index contributed by atoms with van der Waals surface area (Å²) >= 11 is 0. The lowest BCUT2D eigenvalue weighted by Gasteiger charge is -2.30. The molecular formula is C54H40N2. The van der Waals surface area contributed by atoms with E-state index in [4.69, 9.17) is 4.98 Å². The Kier molecular flexibility index (Phi) is 8.19. The molecule has 2 heteroatoms. The first-order valence-electron chi connectivity index (χ1n) is 19.4. The summed E-state index contributed by atoms with van der Waals surface area (Å²) in [5, 5.41) is 1.13. The lowest BCUT2D eigenvalue weighted by molar-refractivity contribution is 0.660. The van der Waals surface area contributed by atoms with Crippen LogP contribution < -0.4 is 4.90 Å². The third kappa shape index (κ3) is 5.79. The van der Waals surface area contributed by atoms with Gasteiger partial charge in [-0.1, -0.05) is 178 Å². The summed E-state index contributed by atoms with van der Waals surface area (Å²) in [6.07, 6.45) is 0. The minimum Gasteiger partial charge on any atom is -0.310 e. The number of nitrogens with zero attached hydrogens (tertiary/aromatic N) is 2. The van der Waals surface area contributed by atoms with Gasteiger partial charge >= 0.3 is 0 Å². The fourth-order valence-corrected chi connectivity index (χ4v) is 8.59. The van der Waals surface area contributed by atoms with Crippen molar-refractivity contribution in [3.05, 3.63) is 217 Å². The molecule has 1 aliphatic rings. The number of benzene rings is 8. The molecule has 8 aromatic carbocycles. The van der Waals surface area contributed by atoms with E-state index in [1.54, 1.807) is 0 Å². The predicted octanol–water partition coefficient (Wildman–Crippen LogP) is 14.7. The molecule has 1 aromatic heterocycles. The normalized spacial score (nSPS) is 12.6. The van der Waals surface area contributed by atoms with Gasteiger partial charge in [0.05, 0.1) is 16.9 Å². The molecule has 0 amide bonds. The number of hydrogen-bond acceptors (Lipinski definition) is 2. The number of hydrogen-bond donors (Lipinski definition) is 0.